The summed E-state index contributed by atoms with van der Waals surface area (Å²) in [5.41, 5.74) is 3.33. The number of aromatic amines is 1. The Morgan fingerprint density at radius 1 is 1.08 bits per heavy atom. The normalized spacial score (nSPS) is 10.9. The van der Waals surface area contributed by atoms with Crippen LogP contribution >= 0.6 is 11.6 Å². The molecule has 2 heterocycles. The molecule has 118 valence electrons. The van der Waals surface area contributed by atoms with Crippen molar-refractivity contribution in [2.75, 3.05) is 5.32 Å². The molecule has 1 amide bonds. The van der Waals surface area contributed by atoms with Crippen LogP contribution in [0.2, 0.25) is 5.02 Å². The molecule has 2 N–H and O–H groups in total. The van der Waals surface area contributed by atoms with Crippen LogP contribution in [-0.2, 0) is 0 Å². The number of halogens is 1. The number of fused-ring (bicyclic) bond motifs is 1. The summed E-state index contributed by atoms with van der Waals surface area (Å²) in [5.74, 6) is -0.252. The Labute approximate surface area is 141 Å². The van der Waals surface area contributed by atoms with Crippen LogP contribution in [0, 0.1) is 0 Å². The number of aromatic nitrogens is 5. The molecule has 7 nitrogen and oxygen atoms in total. The molecule has 0 unspecified atom stereocenters. The molecule has 0 radical (unpaired) electrons. The third-order valence-electron chi connectivity index (χ3n) is 3.51. The van der Waals surface area contributed by atoms with Crippen LogP contribution in [0.5, 0.6) is 0 Å². The number of hydrogen-bond donors (Lipinski definition) is 2. The fourth-order valence-electron chi connectivity index (χ4n) is 2.30. The van der Waals surface area contributed by atoms with Gasteiger partial charge in [0.2, 0.25) is 0 Å². The third kappa shape index (κ3) is 2.72. The lowest BCUT2D eigenvalue weighted by Crippen LogP contribution is -2.11. The topological polar surface area (TPSA) is 88.5 Å². The first-order valence-corrected chi connectivity index (χ1v) is 7.49. The van der Waals surface area contributed by atoms with E-state index >= 15 is 0 Å². The van der Waals surface area contributed by atoms with Crippen molar-refractivity contribution < 1.29 is 4.79 Å². The predicted molar refractivity (Wildman–Crippen MR) is 90.4 cm³/mol. The number of amides is 1. The largest absolute Gasteiger partial charge is 0.322 e. The SMILES string of the molecule is O=C(Nc1ccc2n[nH]nc2c1)c1cnn(-c2ccc(Cl)cc2)c1. The number of hydrogen-bond acceptors (Lipinski definition) is 4. The standard InChI is InChI=1S/C16H11ClN6O/c17-11-1-4-13(5-2-11)23-9-10(8-18-23)16(24)19-12-3-6-14-15(7-12)21-22-20-14/h1-9H,(H,19,24)(H,20,21,22). The van der Waals surface area contributed by atoms with E-state index in [1.807, 2.05) is 12.1 Å². The number of carbonyl (C=O) groups excluding carboxylic acids is 1. The fourth-order valence-corrected chi connectivity index (χ4v) is 2.42. The molecule has 4 aromatic rings. The minimum atomic E-state index is -0.252. The number of nitrogens with one attached hydrogen (secondary N) is 2. The monoisotopic (exact) mass is 338 g/mol. The molecule has 0 spiro atoms. The van der Waals surface area contributed by atoms with E-state index in [1.165, 1.54) is 6.20 Å². The highest BCUT2D eigenvalue weighted by atomic mass is 35.5. The van der Waals surface area contributed by atoms with Crippen molar-refractivity contribution in [1.29, 1.82) is 0 Å². The molecule has 0 atom stereocenters. The summed E-state index contributed by atoms with van der Waals surface area (Å²) in [7, 11) is 0. The van der Waals surface area contributed by atoms with Gasteiger partial charge in [-0.2, -0.15) is 20.5 Å². The lowest BCUT2D eigenvalue weighted by molar-refractivity contribution is 0.102. The minimum absolute atomic E-state index is 0.252. The van der Waals surface area contributed by atoms with E-state index in [-0.39, 0.29) is 5.91 Å². The van der Waals surface area contributed by atoms with Crippen LogP contribution in [0.15, 0.2) is 54.9 Å². The van der Waals surface area contributed by atoms with Crippen molar-refractivity contribution in [1.82, 2.24) is 25.2 Å². The van der Waals surface area contributed by atoms with Gasteiger partial charge in [0.05, 0.1) is 17.4 Å². The van der Waals surface area contributed by atoms with Gasteiger partial charge in [-0.15, -0.1) is 0 Å². The maximum absolute atomic E-state index is 12.4. The maximum atomic E-state index is 12.4. The van der Waals surface area contributed by atoms with E-state index in [9.17, 15) is 4.79 Å². The van der Waals surface area contributed by atoms with Gasteiger partial charge in [0, 0.05) is 16.9 Å². The molecule has 2 aromatic carbocycles. The first kappa shape index (κ1) is 14.4. The molecule has 0 fully saturated rings. The molecule has 2 aromatic heterocycles. The Morgan fingerprint density at radius 2 is 1.88 bits per heavy atom. The Hall–Kier alpha value is -3.19. The summed E-state index contributed by atoms with van der Waals surface area (Å²) < 4.78 is 1.62. The summed E-state index contributed by atoms with van der Waals surface area (Å²) in [4.78, 5) is 12.4. The van der Waals surface area contributed by atoms with Crippen molar-refractivity contribution in [3.63, 3.8) is 0 Å². The average molecular weight is 339 g/mol. The van der Waals surface area contributed by atoms with Crippen LogP contribution in [0.3, 0.4) is 0 Å². The molecule has 0 aliphatic heterocycles. The van der Waals surface area contributed by atoms with Gasteiger partial charge in [0.25, 0.3) is 5.91 Å². The maximum Gasteiger partial charge on any atom is 0.258 e. The molecule has 0 aliphatic rings. The van der Waals surface area contributed by atoms with Gasteiger partial charge in [-0.25, -0.2) is 4.68 Å². The van der Waals surface area contributed by atoms with Crippen molar-refractivity contribution in [3.05, 3.63) is 65.4 Å². The number of anilines is 1. The fraction of sp³-hybridized carbons (Fsp3) is 0. The van der Waals surface area contributed by atoms with Crippen molar-refractivity contribution in [3.8, 4) is 5.69 Å². The third-order valence-corrected chi connectivity index (χ3v) is 3.76. The zero-order chi connectivity index (χ0) is 16.5. The van der Waals surface area contributed by atoms with E-state index in [0.717, 1.165) is 11.2 Å². The van der Waals surface area contributed by atoms with Crippen LogP contribution < -0.4 is 5.32 Å². The van der Waals surface area contributed by atoms with Gasteiger partial charge >= 0.3 is 0 Å². The van der Waals surface area contributed by atoms with Gasteiger partial charge in [0.1, 0.15) is 11.0 Å². The minimum Gasteiger partial charge on any atom is -0.322 e. The average Bonchev–Trinajstić information content (AvgIpc) is 3.24. The molecule has 8 heteroatoms. The summed E-state index contributed by atoms with van der Waals surface area (Å²) in [6.07, 6.45) is 3.17. The van der Waals surface area contributed by atoms with E-state index in [4.69, 9.17) is 11.6 Å². The van der Waals surface area contributed by atoms with Crippen LogP contribution in [0.25, 0.3) is 16.7 Å². The lowest BCUT2D eigenvalue weighted by atomic mass is 10.2. The first-order valence-electron chi connectivity index (χ1n) is 7.11. The Balaban J connectivity index is 1.55. The Morgan fingerprint density at radius 3 is 2.71 bits per heavy atom. The predicted octanol–water partition coefficient (Wildman–Crippen LogP) is 3.05. The highest BCUT2D eigenvalue weighted by molar-refractivity contribution is 6.30. The van der Waals surface area contributed by atoms with E-state index in [2.05, 4.69) is 25.8 Å². The molecule has 24 heavy (non-hydrogen) atoms. The van der Waals surface area contributed by atoms with Gasteiger partial charge in [-0.3, -0.25) is 4.79 Å². The van der Waals surface area contributed by atoms with E-state index in [1.54, 1.807) is 41.2 Å². The second kappa shape index (κ2) is 5.78. The zero-order valence-corrected chi connectivity index (χ0v) is 13.0. The summed E-state index contributed by atoms with van der Waals surface area (Å²) >= 11 is 5.87. The van der Waals surface area contributed by atoms with Gasteiger partial charge in [0.15, 0.2) is 0 Å². The lowest BCUT2D eigenvalue weighted by Gasteiger charge is -2.03. The van der Waals surface area contributed by atoms with Gasteiger partial charge in [-0.1, -0.05) is 11.6 Å². The summed E-state index contributed by atoms with van der Waals surface area (Å²) in [5, 5.41) is 18.2. The highest BCUT2D eigenvalue weighted by Crippen LogP contribution is 2.17. The van der Waals surface area contributed by atoms with Gasteiger partial charge < -0.3 is 5.32 Å². The van der Waals surface area contributed by atoms with Crippen LogP contribution in [-0.4, -0.2) is 31.1 Å². The molecule has 0 saturated carbocycles. The van der Waals surface area contributed by atoms with Crippen LogP contribution in [0.4, 0.5) is 5.69 Å². The number of carbonyl (C=O) groups is 1. The summed E-state index contributed by atoms with van der Waals surface area (Å²) in [6.45, 7) is 0. The van der Waals surface area contributed by atoms with E-state index in [0.29, 0.717) is 21.8 Å². The number of nitrogens with zero attached hydrogens (tertiary/aromatic N) is 4. The Bertz CT molecular complexity index is 1020. The molecular formula is C16H11ClN6O. The number of benzene rings is 2. The smallest absolute Gasteiger partial charge is 0.258 e. The molecule has 0 bridgehead atoms. The van der Waals surface area contributed by atoms with Gasteiger partial charge in [-0.05, 0) is 42.5 Å². The molecular weight excluding hydrogens is 328 g/mol. The second-order valence-electron chi connectivity index (χ2n) is 5.13. The summed E-state index contributed by atoms with van der Waals surface area (Å²) in [6, 6.07) is 12.5. The quantitative estimate of drug-likeness (QED) is 0.601. The Kier molecular flexibility index (Phi) is 3.47. The zero-order valence-electron chi connectivity index (χ0n) is 12.3. The van der Waals surface area contributed by atoms with Crippen LogP contribution in [0.1, 0.15) is 10.4 Å². The second-order valence-corrected chi connectivity index (χ2v) is 5.57. The number of rotatable bonds is 3. The molecule has 4 rings (SSSR count). The van der Waals surface area contributed by atoms with Crippen molar-refractivity contribution in [2.45, 2.75) is 0 Å². The molecule has 0 aliphatic carbocycles. The van der Waals surface area contributed by atoms with E-state index < -0.39 is 0 Å². The van der Waals surface area contributed by atoms with Crippen molar-refractivity contribution >= 4 is 34.2 Å². The highest BCUT2D eigenvalue weighted by Gasteiger charge is 2.11. The molecule has 0 saturated heterocycles. The number of H-pyrrole nitrogens is 1. The van der Waals surface area contributed by atoms with Crippen molar-refractivity contribution in [2.24, 2.45) is 0 Å². The first-order chi connectivity index (χ1) is 11.7.